The third kappa shape index (κ3) is 2.63. The molecule has 0 spiro atoms. The van der Waals surface area contributed by atoms with Gasteiger partial charge in [0.15, 0.2) is 6.29 Å². The molecule has 6 nitrogen and oxygen atoms in total. The quantitative estimate of drug-likeness (QED) is 0.559. The zero-order valence-electron chi connectivity index (χ0n) is 8.25. The Balaban J connectivity index is 2.49. The van der Waals surface area contributed by atoms with Gasteiger partial charge in [0.25, 0.3) is 0 Å². The molecule has 1 aliphatic rings. The van der Waals surface area contributed by atoms with Crippen LogP contribution in [0.3, 0.4) is 0 Å². The molecule has 1 rings (SSSR count). The standard InChI is InChI=1S/C8H16O6/c1-11-4-14-7-5(9)3-13-8(12-2)6(7)10/h5-10H,3-4H2,1-2H3/t5-,6-,7+,8+/m1/s1. The van der Waals surface area contributed by atoms with E-state index in [1.807, 2.05) is 0 Å². The van der Waals surface area contributed by atoms with E-state index in [1.165, 1.54) is 14.2 Å². The summed E-state index contributed by atoms with van der Waals surface area (Å²) in [4.78, 5) is 0. The van der Waals surface area contributed by atoms with Crippen molar-refractivity contribution in [3.63, 3.8) is 0 Å². The van der Waals surface area contributed by atoms with E-state index < -0.39 is 24.6 Å². The van der Waals surface area contributed by atoms with Gasteiger partial charge in [0.2, 0.25) is 0 Å². The molecule has 0 aromatic carbocycles. The summed E-state index contributed by atoms with van der Waals surface area (Å²) < 4.78 is 19.7. The Bertz CT molecular complexity index is 164. The lowest BCUT2D eigenvalue weighted by molar-refractivity contribution is -0.280. The molecule has 0 aliphatic carbocycles. The SMILES string of the molecule is COCO[C@@H]1[C@@H](O)[C@@H](OC)OC[C@H]1O. The molecule has 1 aliphatic heterocycles. The van der Waals surface area contributed by atoms with E-state index in [1.54, 1.807) is 0 Å². The monoisotopic (exact) mass is 208 g/mol. The number of aliphatic hydroxyl groups excluding tert-OH is 2. The van der Waals surface area contributed by atoms with Crippen LogP contribution in [0.15, 0.2) is 0 Å². The van der Waals surface area contributed by atoms with Gasteiger partial charge in [0.1, 0.15) is 25.1 Å². The Labute approximate surface area is 82.3 Å². The van der Waals surface area contributed by atoms with E-state index in [4.69, 9.17) is 14.2 Å². The fourth-order valence-electron chi connectivity index (χ4n) is 1.33. The molecule has 1 heterocycles. The summed E-state index contributed by atoms with van der Waals surface area (Å²) in [6, 6.07) is 0. The lowest BCUT2D eigenvalue weighted by atomic mass is 10.1. The van der Waals surface area contributed by atoms with Gasteiger partial charge in [0.05, 0.1) is 6.61 Å². The topological polar surface area (TPSA) is 77.4 Å². The number of rotatable bonds is 4. The van der Waals surface area contributed by atoms with Gasteiger partial charge in [-0.05, 0) is 0 Å². The minimum Gasteiger partial charge on any atom is -0.388 e. The van der Waals surface area contributed by atoms with Crippen LogP contribution in [0.2, 0.25) is 0 Å². The van der Waals surface area contributed by atoms with Gasteiger partial charge in [-0.3, -0.25) is 0 Å². The van der Waals surface area contributed by atoms with Crippen LogP contribution in [0, 0.1) is 0 Å². The largest absolute Gasteiger partial charge is 0.388 e. The lowest BCUT2D eigenvalue weighted by Crippen LogP contribution is -2.54. The summed E-state index contributed by atoms with van der Waals surface area (Å²) in [5.41, 5.74) is 0. The van der Waals surface area contributed by atoms with Crippen LogP contribution >= 0.6 is 0 Å². The minimum atomic E-state index is -1.01. The predicted molar refractivity (Wildman–Crippen MR) is 45.5 cm³/mol. The Kier molecular flexibility index (Phi) is 4.73. The smallest absolute Gasteiger partial charge is 0.185 e. The second-order valence-corrected chi connectivity index (χ2v) is 3.03. The highest BCUT2D eigenvalue weighted by Crippen LogP contribution is 2.18. The molecule has 1 fully saturated rings. The number of hydrogen-bond donors (Lipinski definition) is 2. The summed E-state index contributed by atoms with van der Waals surface area (Å²) in [5, 5.41) is 19.1. The van der Waals surface area contributed by atoms with Crippen molar-refractivity contribution in [3.05, 3.63) is 0 Å². The third-order valence-corrected chi connectivity index (χ3v) is 2.04. The first-order valence-corrected chi connectivity index (χ1v) is 4.31. The summed E-state index contributed by atoms with van der Waals surface area (Å²) >= 11 is 0. The highest BCUT2D eigenvalue weighted by Gasteiger charge is 2.39. The Hall–Kier alpha value is -0.240. The van der Waals surface area contributed by atoms with E-state index in [2.05, 4.69) is 4.74 Å². The predicted octanol–water partition coefficient (Wildman–Crippen LogP) is -1.30. The first kappa shape index (κ1) is 11.8. The summed E-state index contributed by atoms with van der Waals surface area (Å²) in [5.74, 6) is 0. The normalized spacial score (nSPS) is 38.6. The summed E-state index contributed by atoms with van der Waals surface area (Å²) in [6.07, 6.45) is -3.39. The number of methoxy groups -OCH3 is 2. The van der Waals surface area contributed by atoms with Crippen molar-refractivity contribution in [2.45, 2.75) is 24.6 Å². The molecule has 0 aromatic rings. The average Bonchev–Trinajstić information content (AvgIpc) is 2.18. The van der Waals surface area contributed by atoms with Crippen molar-refractivity contribution >= 4 is 0 Å². The molecule has 14 heavy (non-hydrogen) atoms. The molecule has 0 radical (unpaired) electrons. The zero-order valence-corrected chi connectivity index (χ0v) is 8.25. The Morgan fingerprint density at radius 2 is 2.07 bits per heavy atom. The van der Waals surface area contributed by atoms with Crippen molar-refractivity contribution in [1.29, 1.82) is 0 Å². The fourth-order valence-corrected chi connectivity index (χ4v) is 1.33. The zero-order chi connectivity index (χ0) is 10.6. The van der Waals surface area contributed by atoms with Gasteiger partial charge in [0, 0.05) is 14.2 Å². The Morgan fingerprint density at radius 3 is 2.64 bits per heavy atom. The molecule has 6 heteroatoms. The van der Waals surface area contributed by atoms with E-state index in [-0.39, 0.29) is 13.4 Å². The molecule has 84 valence electrons. The molecule has 0 saturated carbocycles. The first-order chi connectivity index (χ1) is 6.70. The first-order valence-electron chi connectivity index (χ1n) is 4.31. The van der Waals surface area contributed by atoms with Crippen LogP contribution in [0.5, 0.6) is 0 Å². The van der Waals surface area contributed by atoms with E-state index in [0.29, 0.717) is 0 Å². The molecule has 1 saturated heterocycles. The minimum absolute atomic E-state index is 0.00915. The second-order valence-electron chi connectivity index (χ2n) is 3.03. The molecule has 4 atom stereocenters. The van der Waals surface area contributed by atoms with Crippen molar-refractivity contribution in [2.24, 2.45) is 0 Å². The third-order valence-electron chi connectivity index (χ3n) is 2.04. The van der Waals surface area contributed by atoms with Gasteiger partial charge >= 0.3 is 0 Å². The maximum Gasteiger partial charge on any atom is 0.185 e. The van der Waals surface area contributed by atoms with Crippen LogP contribution in [0.1, 0.15) is 0 Å². The van der Waals surface area contributed by atoms with Crippen molar-refractivity contribution in [3.8, 4) is 0 Å². The highest BCUT2D eigenvalue weighted by molar-refractivity contribution is 4.83. The van der Waals surface area contributed by atoms with Gasteiger partial charge in [-0.15, -0.1) is 0 Å². The molecular formula is C8H16O6. The van der Waals surface area contributed by atoms with Crippen LogP contribution in [-0.4, -0.2) is 62.4 Å². The van der Waals surface area contributed by atoms with Crippen LogP contribution in [0.25, 0.3) is 0 Å². The van der Waals surface area contributed by atoms with Crippen LogP contribution < -0.4 is 0 Å². The highest BCUT2D eigenvalue weighted by atomic mass is 16.7. The summed E-state index contributed by atoms with van der Waals surface area (Å²) in [7, 11) is 2.88. The van der Waals surface area contributed by atoms with E-state index in [9.17, 15) is 10.2 Å². The lowest BCUT2D eigenvalue weighted by Gasteiger charge is -2.36. The van der Waals surface area contributed by atoms with Gasteiger partial charge in [-0.25, -0.2) is 0 Å². The summed E-state index contributed by atoms with van der Waals surface area (Å²) in [6.45, 7) is 0.0825. The van der Waals surface area contributed by atoms with Crippen molar-refractivity contribution < 1.29 is 29.2 Å². The number of aliphatic hydroxyl groups is 2. The average molecular weight is 208 g/mol. The maximum atomic E-state index is 9.64. The van der Waals surface area contributed by atoms with E-state index >= 15 is 0 Å². The van der Waals surface area contributed by atoms with Crippen molar-refractivity contribution in [1.82, 2.24) is 0 Å². The van der Waals surface area contributed by atoms with Gasteiger partial charge in [-0.1, -0.05) is 0 Å². The number of hydrogen-bond acceptors (Lipinski definition) is 6. The molecule has 0 amide bonds. The second kappa shape index (κ2) is 5.59. The van der Waals surface area contributed by atoms with Crippen LogP contribution in [0.4, 0.5) is 0 Å². The number of ether oxygens (including phenoxy) is 4. The van der Waals surface area contributed by atoms with Crippen molar-refractivity contribution in [2.75, 3.05) is 27.6 Å². The van der Waals surface area contributed by atoms with Crippen LogP contribution in [-0.2, 0) is 18.9 Å². The van der Waals surface area contributed by atoms with E-state index in [0.717, 1.165) is 0 Å². The van der Waals surface area contributed by atoms with Gasteiger partial charge < -0.3 is 29.2 Å². The fraction of sp³-hybridized carbons (Fsp3) is 1.00. The molecule has 0 unspecified atom stereocenters. The molecule has 2 N–H and O–H groups in total. The Morgan fingerprint density at radius 1 is 1.36 bits per heavy atom. The molecule has 0 aromatic heterocycles. The maximum absolute atomic E-state index is 9.64. The molecule has 0 bridgehead atoms. The molecular weight excluding hydrogens is 192 g/mol. The van der Waals surface area contributed by atoms with Gasteiger partial charge in [-0.2, -0.15) is 0 Å².